The van der Waals surface area contributed by atoms with Gasteiger partial charge in [0.15, 0.2) is 5.78 Å². The third-order valence-electron chi connectivity index (χ3n) is 6.29. The van der Waals surface area contributed by atoms with Gasteiger partial charge in [-0.15, -0.1) is 0 Å². The number of rotatable bonds is 13. The maximum absolute atomic E-state index is 12.5. The van der Waals surface area contributed by atoms with Crippen molar-refractivity contribution >= 4 is 17.4 Å². The number of benzene rings is 3. The van der Waals surface area contributed by atoms with Crippen molar-refractivity contribution < 1.29 is 28.8 Å². The summed E-state index contributed by atoms with van der Waals surface area (Å²) in [5, 5.41) is 23.4. The molecule has 3 aromatic carbocycles. The van der Waals surface area contributed by atoms with Crippen LogP contribution in [0.5, 0.6) is 5.75 Å². The summed E-state index contributed by atoms with van der Waals surface area (Å²) in [7, 11) is 0. The van der Waals surface area contributed by atoms with Crippen molar-refractivity contribution in [2.24, 2.45) is 0 Å². The van der Waals surface area contributed by atoms with Crippen LogP contribution in [0.25, 0.3) is 11.5 Å². The highest BCUT2D eigenvalue weighted by Gasteiger charge is 2.19. The zero-order valence-corrected chi connectivity index (χ0v) is 22.6. The lowest BCUT2D eigenvalue weighted by atomic mass is 10.0. The molecule has 0 spiro atoms. The number of allylic oxidation sites excluding steroid dienone is 2. The summed E-state index contributed by atoms with van der Waals surface area (Å²) in [4.78, 5) is 39.2. The number of oxazole rings is 1. The standard InChI is InChI=1S/C31H29N3O7/c1-20(18-29(35)23-10-12-25(13-11-23)34(38)39)32-28(31(36)37)19-22-8-14-26(15-9-22)40-17-16-27-21(2)41-30(33-27)24-6-4-3-5-7-24/h3-15,18,28,32H,16-17,19H2,1-2H3,(H,36,37)/b20-18-. The molecule has 0 aliphatic carbocycles. The minimum absolute atomic E-state index is 0.120. The van der Waals surface area contributed by atoms with Crippen LogP contribution < -0.4 is 10.1 Å². The molecule has 4 aromatic rings. The zero-order chi connectivity index (χ0) is 29.4. The minimum atomic E-state index is -1.07. The first kappa shape index (κ1) is 28.8. The van der Waals surface area contributed by atoms with Crippen LogP contribution >= 0.6 is 0 Å². The monoisotopic (exact) mass is 555 g/mol. The Morgan fingerprint density at radius 3 is 2.39 bits per heavy atom. The van der Waals surface area contributed by atoms with Gasteiger partial charge in [0.05, 0.1) is 17.2 Å². The molecule has 2 N–H and O–H groups in total. The van der Waals surface area contributed by atoms with Gasteiger partial charge in [0.2, 0.25) is 5.89 Å². The van der Waals surface area contributed by atoms with E-state index in [1.54, 1.807) is 31.2 Å². The average molecular weight is 556 g/mol. The van der Waals surface area contributed by atoms with Crippen molar-refractivity contribution in [2.75, 3.05) is 6.61 Å². The summed E-state index contributed by atoms with van der Waals surface area (Å²) in [6, 6.07) is 21.1. The number of nitrogens with one attached hydrogen (secondary N) is 1. The number of nitro groups is 1. The van der Waals surface area contributed by atoms with Crippen LogP contribution in [0.2, 0.25) is 0 Å². The summed E-state index contributed by atoms with van der Waals surface area (Å²) in [6.07, 6.45) is 2.01. The molecule has 0 fully saturated rings. The second kappa shape index (κ2) is 13.2. The third-order valence-corrected chi connectivity index (χ3v) is 6.29. The normalized spacial score (nSPS) is 12.0. The van der Waals surface area contributed by atoms with E-state index in [-0.39, 0.29) is 17.7 Å². The number of non-ortho nitro benzene ring substituents is 1. The molecule has 0 saturated heterocycles. The summed E-state index contributed by atoms with van der Waals surface area (Å²) in [5.74, 6) is 0.493. The zero-order valence-electron chi connectivity index (χ0n) is 22.6. The van der Waals surface area contributed by atoms with Gasteiger partial charge in [0.1, 0.15) is 17.6 Å². The molecule has 0 bridgehead atoms. The van der Waals surface area contributed by atoms with Gasteiger partial charge in [-0.25, -0.2) is 9.78 Å². The fourth-order valence-electron chi connectivity index (χ4n) is 4.13. The SMILES string of the molecule is C/C(=C/C(=O)c1ccc([N+](=O)[O-])cc1)NC(Cc1ccc(OCCc2nc(-c3ccccc3)oc2C)cc1)C(=O)O. The van der Waals surface area contributed by atoms with Crippen LogP contribution in [-0.4, -0.2) is 39.4 Å². The van der Waals surface area contributed by atoms with Crippen molar-refractivity contribution in [1.82, 2.24) is 10.3 Å². The van der Waals surface area contributed by atoms with E-state index in [1.807, 2.05) is 37.3 Å². The number of carbonyl (C=O) groups is 2. The van der Waals surface area contributed by atoms with Crippen molar-refractivity contribution in [3.63, 3.8) is 0 Å². The maximum Gasteiger partial charge on any atom is 0.326 e. The van der Waals surface area contributed by atoms with Gasteiger partial charge in [-0.1, -0.05) is 30.3 Å². The van der Waals surface area contributed by atoms with Crippen LogP contribution in [0, 0.1) is 17.0 Å². The number of hydrogen-bond acceptors (Lipinski definition) is 8. The number of nitro benzene ring substituents is 1. The molecule has 4 rings (SSSR count). The number of ketones is 1. The molecule has 10 nitrogen and oxygen atoms in total. The van der Waals surface area contributed by atoms with E-state index in [1.165, 1.54) is 30.3 Å². The summed E-state index contributed by atoms with van der Waals surface area (Å²) >= 11 is 0. The Morgan fingerprint density at radius 1 is 1.07 bits per heavy atom. The Balaban J connectivity index is 1.30. The minimum Gasteiger partial charge on any atom is -0.493 e. The topological polar surface area (TPSA) is 145 Å². The van der Waals surface area contributed by atoms with Crippen LogP contribution in [0.1, 0.15) is 34.3 Å². The largest absolute Gasteiger partial charge is 0.493 e. The Hall–Kier alpha value is -5.25. The second-order valence-electron chi connectivity index (χ2n) is 9.37. The van der Waals surface area contributed by atoms with E-state index in [0.29, 0.717) is 30.4 Å². The highest BCUT2D eigenvalue weighted by Crippen LogP contribution is 2.22. The smallest absolute Gasteiger partial charge is 0.326 e. The summed E-state index contributed by atoms with van der Waals surface area (Å²) in [6.45, 7) is 3.86. The number of aromatic nitrogens is 1. The first-order chi connectivity index (χ1) is 19.7. The number of carboxylic acid groups (broad SMARTS) is 1. The molecule has 1 unspecified atom stereocenters. The van der Waals surface area contributed by atoms with E-state index >= 15 is 0 Å². The van der Waals surface area contributed by atoms with Gasteiger partial charge in [0.25, 0.3) is 5.69 Å². The number of nitrogens with zero attached hydrogens (tertiary/aromatic N) is 2. The van der Waals surface area contributed by atoms with Gasteiger partial charge >= 0.3 is 5.97 Å². The lowest BCUT2D eigenvalue weighted by Gasteiger charge is -2.16. The number of hydrogen-bond donors (Lipinski definition) is 2. The highest BCUT2D eigenvalue weighted by molar-refractivity contribution is 6.05. The molecule has 0 aliphatic heterocycles. The fourth-order valence-corrected chi connectivity index (χ4v) is 4.13. The molecule has 1 aromatic heterocycles. The molecule has 0 aliphatic rings. The number of ether oxygens (including phenoxy) is 1. The Kier molecular flexibility index (Phi) is 9.26. The van der Waals surface area contributed by atoms with Crippen molar-refractivity contribution in [3.8, 4) is 17.2 Å². The van der Waals surface area contributed by atoms with E-state index in [4.69, 9.17) is 9.15 Å². The lowest BCUT2D eigenvalue weighted by Crippen LogP contribution is -2.37. The van der Waals surface area contributed by atoms with Gasteiger partial charge in [-0.3, -0.25) is 14.9 Å². The predicted molar refractivity (Wildman–Crippen MR) is 152 cm³/mol. The average Bonchev–Trinajstić information content (AvgIpc) is 3.34. The van der Waals surface area contributed by atoms with E-state index in [2.05, 4.69) is 10.3 Å². The van der Waals surface area contributed by atoms with Crippen molar-refractivity contribution in [2.45, 2.75) is 32.7 Å². The number of aliphatic carboxylic acids is 1. The van der Waals surface area contributed by atoms with Crippen LogP contribution in [0.15, 0.2) is 95.1 Å². The van der Waals surface area contributed by atoms with Gasteiger partial charge in [-0.05, 0) is 55.8 Å². The van der Waals surface area contributed by atoms with Gasteiger partial charge in [0, 0.05) is 47.9 Å². The number of aryl methyl sites for hydroxylation is 1. The molecular weight excluding hydrogens is 526 g/mol. The Labute approximate surface area is 236 Å². The summed E-state index contributed by atoms with van der Waals surface area (Å²) in [5.41, 5.74) is 3.01. The van der Waals surface area contributed by atoms with Crippen LogP contribution in [0.3, 0.4) is 0 Å². The summed E-state index contributed by atoms with van der Waals surface area (Å²) < 4.78 is 11.7. The van der Waals surface area contributed by atoms with Gasteiger partial charge < -0.3 is 19.6 Å². The van der Waals surface area contributed by atoms with Crippen LogP contribution in [0.4, 0.5) is 5.69 Å². The molecule has 41 heavy (non-hydrogen) atoms. The maximum atomic E-state index is 12.5. The molecule has 0 radical (unpaired) electrons. The Morgan fingerprint density at radius 2 is 1.76 bits per heavy atom. The lowest BCUT2D eigenvalue weighted by molar-refractivity contribution is -0.384. The molecule has 1 heterocycles. The first-order valence-electron chi connectivity index (χ1n) is 12.9. The fraction of sp³-hybridized carbons (Fsp3) is 0.194. The van der Waals surface area contributed by atoms with Gasteiger partial charge in [-0.2, -0.15) is 0 Å². The van der Waals surface area contributed by atoms with E-state index < -0.39 is 22.7 Å². The molecule has 0 amide bonds. The van der Waals surface area contributed by atoms with Crippen molar-refractivity contribution in [1.29, 1.82) is 0 Å². The van der Waals surface area contributed by atoms with E-state index in [9.17, 15) is 24.8 Å². The highest BCUT2D eigenvalue weighted by atomic mass is 16.6. The molecule has 0 saturated carbocycles. The van der Waals surface area contributed by atoms with Crippen molar-refractivity contribution in [3.05, 3.63) is 123 Å². The van der Waals surface area contributed by atoms with Crippen LogP contribution in [-0.2, 0) is 17.6 Å². The second-order valence-corrected chi connectivity index (χ2v) is 9.37. The molecule has 1 atom stereocenters. The third kappa shape index (κ3) is 7.89. The molecular formula is C31H29N3O7. The predicted octanol–water partition coefficient (Wildman–Crippen LogP) is 5.55. The number of carbonyl (C=O) groups excluding carboxylic acids is 1. The Bertz CT molecular complexity index is 1540. The molecule has 210 valence electrons. The molecule has 10 heteroatoms. The quantitative estimate of drug-likeness (QED) is 0.0938. The first-order valence-corrected chi connectivity index (χ1v) is 12.9. The number of carboxylic acids is 1. The van der Waals surface area contributed by atoms with E-state index in [0.717, 1.165) is 22.6 Å².